The summed E-state index contributed by atoms with van der Waals surface area (Å²) in [7, 11) is -2.41. The third-order valence-electron chi connectivity index (χ3n) is 6.32. The molecule has 7 heteroatoms. The van der Waals surface area contributed by atoms with Gasteiger partial charge in [-0.1, -0.05) is 40.2 Å². The lowest BCUT2D eigenvalue weighted by atomic mass is 9.68. The lowest BCUT2D eigenvalue weighted by Crippen LogP contribution is -2.64. The van der Waals surface area contributed by atoms with Crippen molar-refractivity contribution in [1.82, 2.24) is 5.16 Å². The van der Waals surface area contributed by atoms with E-state index in [9.17, 15) is 9.59 Å². The average molecular weight is 406 g/mol. The summed E-state index contributed by atoms with van der Waals surface area (Å²) < 4.78 is 17.8. The van der Waals surface area contributed by atoms with Crippen molar-refractivity contribution < 1.29 is 23.3 Å². The number of allylic oxidation sites excluding steroid dienone is 1. The number of carbonyl (C=O) groups is 2. The van der Waals surface area contributed by atoms with E-state index >= 15 is 0 Å². The highest BCUT2D eigenvalue weighted by molar-refractivity contribution is 6.74. The second kappa shape index (κ2) is 7.26. The minimum Gasteiger partial charge on any atom is -0.475 e. The van der Waals surface area contributed by atoms with Crippen molar-refractivity contribution in [2.24, 2.45) is 5.92 Å². The van der Waals surface area contributed by atoms with Gasteiger partial charge in [-0.3, -0.25) is 9.59 Å². The summed E-state index contributed by atoms with van der Waals surface area (Å²) in [6.45, 7) is 13.0. The minimum atomic E-state index is -2.41. The molecule has 1 heterocycles. The van der Waals surface area contributed by atoms with Gasteiger partial charge in [0.05, 0.1) is 6.61 Å². The predicted octanol–water partition coefficient (Wildman–Crippen LogP) is 4.50. The monoisotopic (exact) mass is 405 g/mol. The van der Waals surface area contributed by atoms with E-state index in [1.54, 1.807) is 0 Å². The van der Waals surface area contributed by atoms with Crippen molar-refractivity contribution in [3.8, 4) is 5.88 Å². The Hall–Kier alpha value is -1.73. The molecule has 0 radical (unpaired) electrons. The summed E-state index contributed by atoms with van der Waals surface area (Å²) in [5.41, 5.74) is -1.21. The molecule has 2 atom stereocenters. The third-order valence-corrected chi connectivity index (χ3v) is 10.8. The zero-order chi connectivity index (χ0) is 20.7. The number of rotatable bonds is 6. The van der Waals surface area contributed by atoms with Crippen molar-refractivity contribution in [3.63, 3.8) is 0 Å². The predicted molar refractivity (Wildman–Crippen MR) is 108 cm³/mol. The van der Waals surface area contributed by atoms with Crippen molar-refractivity contribution in [2.45, 2.75) is 77.1 Å². The van der Waals surface area contributed by atoms with Crippen LogP contribution < -0.4 is 4.74 Å². The van der Waals surface area contributed by atoms with Gasteiger partial charge in [0.2, 0.25) is 5.78 Å². The molecule has 2 aliphatic rings. The Labute approximate surface area is 167 Å². The second-order valence-electron chi connectivity index (χ2n) is 9.32. The zero-order valence-corrected chi connectivity index (χ0v) is 18.8. The molecule has 0 aliphatic heterocycles. The first-order valence-corrected chi connectivity index (χ1v) is 13.0. The maximum absolute atomic E-state index is 13.8. The maximum Gasteiger partial charge on any atom is 0.265 e. The highest BCUT2D eigenvalue weighted by Crippen LogP contribution is 2.48. The van der Waals surface area contributed by atoms with Gasteiger partial charge in [0.1, 0.15) is 5.56 Å². The van der Waals surface area contributed by atoms with E-state index in [0.717, 1.165) is 12.8 Å². The van der Waals surface area contributed by atoms with Crippen LogP contribution in [0.2, 0.25) is 18.1 Å². The number of nitrogens with zero attached hydrogens (tertiary/aromatic N) is 1. The van der Waals surface area contributed by atoms with Crippen LogP contribution >= 0.6 is 0 Å². The summed E-state index contributed by atoms with van der Waals surface area (Å²) in [4.78, 5) is 26.9. The standard InChI is InChI=1S/C21H31NO5Si/c1-7-8-12-25-19-17-15(26-22-19)13-14-10-9-11-16(23)21(14,18(17)24)27-28(5,6)20(2,3)4/h9,11,14H,7-8,10,12-13H2,1-6H3/t14?,21-/m0/s1. The van der Waals surface area contributed by atoms with E-state index in [2.05, 4.69) is 45.9 Å². The highest BCUT2D eigenvalue weighted by Gasteiger charge is 2.61. The quantitative estimate of drug-likeness (QED) is 0.394. The molecule has 6 nitrogen and oxygen atoms in total. The van der Waals surface area contributed by atoms with E-state index < -0.39 is 13.9 Å². The highest BCUT2D eigenvalue weighted by atomic mass is 28.4. The first-order valence-electron chi connectivity index (χ1n) is 10.1. The molecule has 0 saturated heterocycles. The Morgan fingerprint density at radius 1 is 1.32 bits per heavy atom. The number of ether oxygens (including phenoxy) is 1. The lowest BCUT2D eigenvalue weighted by Gasteiger charge is -2.48. The molecule has 28 heavy (non-hydrogen) atoms. The van der Waals surface area contributed by atoms with E-state index in [1.165, 1.54) is 6.08 Å². The molecule has 0 fully saturated rings. The Morgan fingerprint density at radius 2 is 2.04 bits per heavy atom. The van der Waals surface area contributed by atoms with Crippen LogP contribution in [0.15, 0.2) is 16.7 Å². The number of unbranched alkanes of at least 4 members (excludes halogenated alkanes) is 1. The topological polar surface area (TPSA) is 78.6 Å². The van der Waals surface area contributed by atoms with Gasteiger partial charge in [-0.15, -0.1) is 0 Å². The van der Waals surface area contributed by atoms with E-state index in [4.69, 9.17) is 13.7 Å². The molecular formula is C21H31NO5Si. The van der Waals surface area contributed by atoms with E-state index in [1.807, 2.05) is 6.08 Å². The molecule has 1 unspecified atom stereocenters. The van der Waals surface area contributed by atoms with Crippen LogP contribution in [0.4, 0.5) is 0 Å². The van der Waals surface area contributed by atoms with Gasteiger partial charge < -0.3 is 13.7 Å². The van der Waals surface area contributed by atoms with Crippen LogP contribution in [-0.4, -0.2) is 37.2 Å². The average Bonchev–Trinajstić information content (AvgIpc) is 2.99. The first-order chi connectivity index (χ1) is 13.0. The first kappa shape index (κ1) is 21.0. The van der Waals surface area contributed by atoms with E-state index in [-0.39, 0.29) is 34.0 Å². The van der Waals surface area contributed by atoms with Gasteiger partial charge in [0.15, 0.2) is 25.5 Å². The second-order valence-corrected chi connectivity index (χ2v) is 14.0. The van der Waals surface area contributed by atoms with Gasteiger partial charge in [-0.2, -0.15) is 0 Å². The molecule has 154 valence electrons. The van der Waals surface area contributed by atoms with Gasteiger partial charge in [0.25, 0.3) is 5.88 Å². The number of hydrogen-bond donors (Lipinski definition) is 0. The molecule has 0 bridgehead atoms. The normalized spacial score (nSPS) is 24.9. The summed E-state index contributed by atoms with van der Waals surface area (Å²) in [5.74, 6) is -0.224. The molecule has 0 saturated carbocycles. The van der Waals surface area contributed by atoms with Crippen LogP contribution in [-0.2, 0) is 15.6 Å². The molecule has 2 aliphatic carbocycles. The minimum absolute atomic E-state index is 0.136. The molecule has 0 aromatic carbocycles. The Bertz CT molecular complexity index is 804. The summed E-state index contributed by atoms with van der Waals surface area (Å²) in [6.07, 6.45) is 6.18. The molecule has 3 rings (SSSR count). The van der Waals surface area contributed by atoms with Gasteiger partial charge in [0, 0.05) is 12.3 Å². The van der Waals surface area contributed by atoms with Crippen LogP contribution in [0.1, 0.15) is 63.1 Å². The fourth-order valence-corrected chi connectivity index (χ4v) is 5.05. The van der Waals surface area contributed by atoms with Crippen LogP contribution in [0.5, 0.6) is 5.88 Å². The largest absolute Gasteiger partial charge is 0.475 e. The summed E-state index contributed by atoms with van der Waals surface area (Å²) in [6, 6.07) is 0. The molecule has 0 amide bonds. The Balaban J connectivity index is 2.06. The smallest absolute Gasteiger partial charge is 0.265 e. The van der Waals surface area contributed by atoms with Gasteiger partial charge in [-0.25, -0.2) is 0 Å². The summed E-state index contributed by atoms with van der Waals surface area (Å²) in [5, 5.41) is 3.85. The van der Waals surface area contributed by atoms with Crippen LogP contribution in [0.25, 0.3) is 0 Å². The number of ketones is 2. The van der Waals surface area contributed by atoms with Gasteiger partial charge in [-0.05, 0) is 42.2 Å². The third kappa shape index (κ3) is 3.28. The number of Topliss-reactive ketones (excluding diaryl/α,β-unsaturated/α-hetero) is 1. The Morgan fingerprint density at radius 3 is 2.68 bits per heavy atom. The fraction of sp³-hybridized carbons (Fsp3) is 0.667. The van der Waals surface area contributed by atoms with Crippen molar-refractivity contribution in [2.75, 3.05) is 6.61 Å². The number of fused-ring (bicyclic) bond motifs is 2. The van der Waals surface area contributed by atoms with Crippen molar-refractivity contribution in [3.05, 3.63) is 23.5 Å². The Kier molecular flexibility index (Phi) is 5.44. The maximum atomic E-state index is 13.8. The lowest BCUT2D eigenvalue weighted by molar-refractivity contribution is -0.132. The van der Waals surface area contributed by atoms with E-state index in [0.29, 0.717) is 25.2 Å². The van der Waals surface area contributed by atoms with Gasteiger partial charge >= 0.3 is 0 Å². The van der Waals surface area contributed by atoms with Crippen LogP contribution in [0.3, 0.4) is 0 Å². The van der Waals surface area contributed by atoms with Crippen molar-refractivity contribution >= 4 is 19.9 Å². The number of carbonyl (C=O) groups excluding carboxylic acids is 2. The molecule has 0 spiro atoms. The number of aromatic nitrogens is 1. The van der Waals surface area contributed by atoms with Crippen molar-refractivity contribution in [1.29, 1.82) is 0 Å². The number of hydrogen-bond acceptors (Lipinski definition) is 6. The fourth-order valence-electron chi connectivity index (χ4n) is 3.58. The molecule has 1 aromatic rings. The molecule has 1 aromatic heterocycles. The zero-order valence-electron chi connectivity index (χ0n) is 17.8. The summed E-state index contributed by atoms with van der Waals surface area (Å²) >= 11 is 0. The molecule has 0 N–H and O–H groups in total. The molecular weight excluding hydrogens is 374 g/mol. The van der Waals surface area contributed by atoms with Crippen LogP contribution in [0, 0.1) is 5.92 Å². The SMILES string of the molecule is CCCCOc1noc2c1C(=O)[C@@]1(O[Si](C)(C)C(C)(C)C)C(=O)C=CCC1C2.